The Labute approximate surface area is 188 Å². The summed E-state index contributed by atoms with van der Waals surface area (Å²) in [6.07, 6.45) is 3.32. The average Bonchev–Trinajstić information content (AvgIpc) is 2.81. The highest BCUT2D eigenvalue weighted by Crippen LogP contribution is 2.25. The number of ether oxygens (including phenoxy) is 2. The first-order valence-electron chi connectivity index (χ1n) is 9.42. The van der Waals surface area contributed by atoms with Crippen molar-refractivity contribution < 1.29 is 14.3 Å². The number of benzene rings is 3. The SMILES string of the molecule is COc1cccc(Oc2ncc(-c3cccc(C(=O)Nc4ccc(Br)cc4)c3)cn2)c1. The molecule has 0 atom stereocenters. The zero-order valence-electron chi connectivity index (χ0n) is 16.6. The predicted molar refractivity (Wildman–Crippen MR) is 123 cm³/mol. The lowest BCUT2D eigenvalue weighted by Crippen LogP contribution is -2.11. The first kappa shape index (κ1) is 20.6. The Morgan fingerprint density at radius 2 is 1.58 bits per heavy atom. The number of carbonyl (C=O) groups is 1. The van der Waals surface area contributed by atoms with E-state index in [-0.39, 0.29) is 11.9 Å². The molecule has 4 rings (SSSR count). The van der Waals surface area contributed by atoms with E-state index < -0.39 is 0 Å². The van der Waals surface area contributed by atoms with Gasteiger partial charge in [-0.1, -0.05) is 34.1 Å². The molecule has 0 fully saturated rings. The monoisotopic (exact) mass is 475 g/mol. The van der Waals surface area contributed by atoms with Crippen molar-refractivity contribution in [2.45, 2.75) is 0 Å². The van der Waals surface area contributed by atoms with Crippen LogP contribution in [0, 0.1) is 0 Å². The van der Waals surface area contributed by atoms with Crippen molar-refractivity contribution in [2.75, 3.05) is 12.4 Å². The van der Waals surface area contributed by atoms with Crippen molar-refractivity contribution in [1.29, 1.82) is 0 Å². The lowest BCUT2D eigenvalue weighted by molar-refractivity contribution is 0.102. The van der Waals surface area contributed by atoms with E-state index in [1.807, 2.05) is 48.5 Å². The van der Waals surface area contributed by atoms with Crippen LogP contribution in [0.2, 0.25) is 0 Å². The maximum atomic E-state index is 12.6. The van der Waals surface area contributed by atoms with Crippen LogP contribution < -0.4 is 14.8 Å². The number of aromatic nitrogens is 2. The quantitative estimate of drug-likeness (QED) is 0.372. The molecule has 1 aromatic heterocycles. The molecule has 1 N–H and O–H groups in total. The summed E-state index contributed by atoms with van der Waals surface area (Å²) < 4.78 is 11.8. The molecule has 0 bridgehead atoms. The molecule has 3 aromatic carbocycles. The number of nitrogens with zero attached hydrogens (tertiary/aromatic N) is 2. The lowest BCUT2D eigenvalue weighted by Gasteiger charge is -2.08. The van der Waals surface area contributed by atoms with Gasteiger partial charge in [-0.25, -0.2) is 9.97 Å². The number of nitrogens with one attached hydrogen (secondary N) is 1. The van der Waals surface area contributed by atoms with Crippen LogP contribution in [0.5, 0.6) is 17.5 Å². The summed E-state index contributed by atoms with van der Waals surface area (Å²) in [5, 5.41) is 2.89. The van der Waals surface area contributed by atoms with Crippen LogP contribution in [0.15, 0.2) is 89.7 Å². The van der Waals surface area contributed by atoms with Crippen molar-refractivity contribution in [1.82, 2.24) is 9.97 Å². The Bertz CT molecular complexity index is 1200. The van der Waals surface area contributed by atoms with E-state index in [2.05, 4.69) is 31.2 Å². The standard InChI is InChI=1S/C24H18BrN3O3/c1-30-21-6-3-7-22(13-21)31-24-26-14-18(15-27-24)16-4-2-5-17(12-16)23(29)28-20-10-8-19(25)9-11-20/h2-15H,1H3,(H,28,29). The van der Waals surface area contributed by atoms with Gasteiger partial charge in [0, 0.05) is 39.7 Å². The summed E-state index contributed by atoms with van der Waals surface area (Å²) in [4.78, 5) is 21.2. The highest BCUT2D eigenvalue weighted by molar-refractivity contribution is 9.10. The fourth-order valence-electron chi connectivity index (χ4n) is 2.86. The molecule has 0 saturated heterocycles. The minimum absolute atomic E-state index is 0.192. The van der Waals surface area contributed by atoms with Gasteiger partial charge >= 0.3 is 6.01 Å². The number of halogens is 1. The molecular formula is C24H18BrN3O3. The second kappa shape index (κ2) is 9.40. The molecule has 0 radical (unpaired) electrons. The number of methoxy groups -OCH3 is 1. The summed E-state index contributed by atoms with van der Waals surface area (Å²) in [5.74, 6) is 1.08. The molecular weight excluding hydrogens is 458 g/mol. The van der Waals surface area contributed by atoms with Crippen molar-refractivity contribution in [3.05, 3.63) is 95.2 Å². The van der Waals surface area contributed by atoms with Gasteiger partial charge in [-0.3, -0.25) is 4.79 Å². The third-order valence-electron chi connectivity index (χ3n) is 4.44. The maximum Gasteiger partial charge on any atom is 0.321 e. The zero-order valence-corrected chi connectivity index (χ0v) is 18.2. The minimum atomic E-state index is -0.192. The van der Waals surface area contributed by atoms with Crippen LogP contribution >= 0.6 is 15.9 Å². The van der Waals surface area contributed by atoms with Crippen molar-refractivity contribution in [2.24, 2.45) is 0 Å². The van der Waals surface area contributed by atoms with Gasteiger partial charge in [0.1, 0.15) is 11.5 Å². The summed E-state index contributed by atoms with van der Waals surface area (Å²) in [7, 11) is 1.59. The Balaban J connectivity index is 1.48. The molecule has 0 saturated carbocycles. The second-order valence-electron chi connectivity index (χ2n) is 6.58. The first-order chi connectivity index (χ1) is 15.1. The van der Waals surface area contributed by atoms with Gasteiger partial charge in [-0.05, 0) is 54.1 Å². The van der Waals surface area contributed by atoms with E-state index in [0.29, 0.717) is 17.1 Å². The van der Waals surface area contributed by atoms with Crippen LogP contribution in [-0.4, -0.2) is 23.0 Å². The Morgan fingerprint density at radius 3 is 2.32 bits per heavy atom. The largest absolute Gasteiger partial charge is 0.497 e. The number of amides is 1. The lowest BCUT2D eigenvalue weighted by atomic mass is 10.1. The maximum absolute atomic E-state index is 12.6. The van der Waals surface area contributed by atoms with E-state index in [4.69, 9.17) is 9.47 Å². The normalized spacial score (nSPS) is 10.4. The fourth-order valence-corrected chi connectivity index (χ4v) is 3.13. The number of anilines is 1. The Hall–Kier alpha value is -3.71. The molecule has 0 aliphatic heterocycles. The molecule has 154 valence electrons. The van der Waals surface area contributed by atoms with Gasteiger partial charge < -0.3 is 14.8 Å². The van der Waals surface area contributed by atoms with Gasteiger partial charge in [-0.15, -0.1) is 0 Å². The number of carbonyl (C=O) groups excluding carboxylic acids is 1. The van der Waals surface area contributed by atoms with E-state index >= 15 is 0 Å². The fraction of sp³-hybridized carbons (Fsp3) is 0.0417. The van der Waals surface area contributed by atoms with Gasteiger partial charge in [0.05, 0.1) is 7.11 Å². The minimum Gasteiger partial charge on any atom is -0.497 e. The highest BCUT2D eigenvalue weighted by atomic mass is 79.9. The summed E-state index contributed by atoms with van der Waals surface area (Å²) in [6.45, 7) is 0. The van der Waals surface area contributed by atoms with E-state index in [0.717, 1.165) is 21.3 Å². The molecule has 0 unspecified atom stereocenters. The van der Waals surface area contributed by atoms with Crippen molar-refractivity contribution in [3.8, 4) is 28.6 Å². The van der Waals surface area contributed by atoms with Crippen molar-refractivity contribution in [3.63, 3.8) is 0 Å². The molecule has 31 heavy (non-hydrogen) atoms. The molecule has 4 aromatic rings. The topological polar surface area (TPSA) is 73.3 Å². The van der Waals surface area contributed by atoms with E-state index in [1.165, 1.54) is 0 Å². The van der Waals surface area contributed by atoms with Gasteiger partial charge in [-0.2, -0.15) is 0 Å². The Morgan fingerprint density at radius 1 is 0.871 bits per heavy atom. The van der Waals surface area contributed by atoms with Crippen molar-refractivity contribution >= 4 is 27.5 Å². The molecule has 6 nitrogen and oxygen atoms in total. The highest BCUT2D eigenvalue weighted by Gasteiger charge is 2.09. The van der Waals surface area contributed by atoms with Gasteiger partial charge in [0.2, 0.25) is 0 Å². The predicted octanol–water partition coefficient (Wildman–Crippen LogP) is 5.96. The van der Waals surface area contributed by atoms with Crippen LogP contribution in [0.1, 0.15) is 10.4 Å². The van der Waals surface area contributed by atoms with Gasteiger partial charge in [0.25, 0.3) is 5.91 Å². The smallest absolute Gasteiger partial charge is 0.321 e. The molecule has 7 heteroatoms. The zero-order chi connectivity index (χ0) is 21.6. The van der Waals surface area contributed by atoms with E-state index in [1.54, 1.807) is 43.8 Å². The molecule has 1 heterocycles. The van der Waals surface area contributed by atoms with Crippen LogP contribution in [0.3, 0.4) is 0 Å². The summed E-state index contributed by atoms with van der Waals surface area (Å²) >= 11 is 3.38. The van der Waals surface area contributed by atoms with Crippen LogP contribution in [-0.2, 0) is 0 Å². The number of hydrogen-bond acceptors (Lipinski definition) is 5. The molecule has 0 aliphatic rings. The summed E-state index contributed by atoms with van der Waals surface area (Å²) in [6, 6.07) is 22.1. The molecule has 1 amide bonds. The third-order valence-corrected chi connectivity index (χ3v) is 4.97. The van der Waals surface area contributed by atoms with Gasteiger partial charge in [0.15, 0.2) is 0 Å². The van der Waals surface area contributed by atoms with E-state index in [9.17, 15) is 4.79 Å². The van der Waals surface area contributed by atoms with Crippen LogP contribution in [0.25, 0.3) is 11.1 Å². The summed E-state index contributed by atoms with van der Waals surface area (Å²) in [5.41, 5.74) is 2.87. The molecule has 0 spiro atoms. The molecule has 0 aliphatic carbocycles. The first-order valence-corrected chi connectivity index (χ1v) is 10.2. The average molecular weight is 476 g/mol. The van der Waals surface area contributed by atoms with Crippen LogP contribution in [0.4, 0.5) is 5.69 Å². The number of hydrogen-bond donors (Lipinski definition) is 1. The number of rotatable bonds is 6. The third kappa shape index (κ3) is 5.26. The Kier molecular flexibility index (Phi) is 6.24. The second-order valence-corrected chi connectivity index (χ2v) is 7.49.